The van der Waals surface area contributed by atoms with Crippen molar-refractivity contribution in [2.24, 2.45) is 11.5 Å². The summed E-state index contributed by atoms with van der Waals surface area (Å²) in [7, 11) is 0. The number of nitrogens with two attached hydrogens (primary N) is 2. The van der Waals surface area contributed by atoms with E-state index >= 15 is 0 Å². The Morgan fingerprint density at radius 2 is 1.48 bits per heavy atom. The number of carbonyl (C=O) groups excluding carboxylic acids is 2. The number of fused-ring (bicyclic) bond motifs is 1. The molecule has 0 unspecified atom stereocenters. The van der Waals surface area contributed by atoms with Crippen LogP contribution in [0.5, 0.6) is 0 Å². The van der Waals surface area contributed by atoms with Crippen molar-refractivity contribution < 1.29 is 9.59 Å². The molecule has 0 spiro atoms. The highest BCUT2D eigenvalue weighted by molar-refractivity contribution is 6.14. The van der Waals surface area contributed by atoms with Crippen molar-refractivity contribution >= 4 is 11.7 Å². The van der Waals surface area contributed by atoms with Crippen molar-refractivity contribution in [1.82, 2.24) is 5.32 Å². The monoisotopic (exact) mass is 441 g/mol. The van der Waals surface area contributed by atoms with Crippen LogP contribution in [-0.4, -0.2) is 23.8 Å². The van der Waals surface area contributed by atoms with Gasteiger partial charge in [-0.15, -0.1) is 0 Å². The number of ketones is 1. The van der Waals surface area contributed by atoms with E-state index in [0.29, 0.717) is 13.0 Å². The molecule has 170 valence electrons. The summed E-state index contributed by atoms with van der Waals surface area (Å²) in [6.45, 7) is 0.354. The predicted molar refractivity (Wildman–Crippen MR) is 131 cm³/mol. The van der Waals surface area contributed by atoms with E-state index in [-0.39, 0.29) is 18.2 Å². The zero-order chi connectivity index (χ0) is 23.3. The van der Waals surface area contributed by atoms with Gasteiger partial charge >= 0.3 is 0 Å². The van der Waals surface area contributed by atoms with Gasteiger partial charge in [-0.1, -0.05) is 84.9 Å². The zero-order valence-electron chi connectivity index (χ0n) is 18.7. The normalized spacial score (nSPS) is 16.8. The van der Waals surface area contributed by atoms with Gasteiger partial charge < -0.3 is 16.8 Å². The number of hydrogen-bond donors (Lipinski definition) is 3. The van der Waals surface area contributed by atoms with Crippen LogP contribution in [0.4, 0.5) is 0 Å². The number of nitrogens with one attached hydrogen (secondary N) is 1. The Labute approximate surface area is 195 Å². The fraction of sp³-hybridized carbons (Fsp3) is 0.286. The third-order valence-electron chi connectivity index (χ3n) is 6.59. The van der Waals surface area contributed by atoms with Gasteiger partial charge in [0.1, 0.15) is 0 Å². The maximum absolute atomic E-state index is 14.1. The standard InChI is InChI=1S/C28H31N3O2/c29-19-9-18-28(30,27(33)31-24-17-16-20-10-7-8-15-23(20)24)26(32)25(21-11-3-1-4-12-21)22-13-5-2-6-14-22/h1-8,10-15,24-25H,9,16-19,29-30H2,(H,31,33)/t24-,28+/m0/s1. The number of hydrogen-bond acceptors (Lipinski definition) is 4. The highest BCUT2D eigenvalue weighted by atomic mass is 16.2. The molecule has 3 aromatic carbocycles. The Kier molecular flexibility index (Phi) is 7.02. The van der Waals surface area contributed by atoms with E-state index in [1.807, 2.05) is 78.9 Å². The molecule has 1 aliphatic rings. The van der Waals surface area contributed by atoms with Crippen molar-refractivity contribution in [1.29, 1.82) is 0 Å². The molecule has 0 aromatic heterocycles. The highest BCUT2D eigenvalue weighted by Gasteiger charge is 2.46. The Morgan fingerprint density at radius 1 is 0.909 bits per heavy atom. The second-order valence-electron chi connectivity index (χ2n) is 8.75. The van der Waals surface area contributed by atoms with E-state index in [9.17, 15) is 9.59 Å². The van der Waals surface area contributed by atoms with Gasteiger partial charge in [0.05, 0.1) is 12.0 Å². The molecule has 0 saturated carbocycles. The van der Waals surface area contributed by atoms with E-state index in [4.69, 9.17) is 11.5 Å². The SMILES string of the molecule is NCCC[C@](N)(C(=O)N[C@H]1CCc2ccccc21)C(=O)C(c1ccccc1)c1ccccc1. The van der Waals surface area contributed by atoms with Crippen LogP contribution >= 0.6 is 0 Å². The van der Waals surface area contributed by atoms with Gasteiger partial charge in [0.15, 0.2) is 11.3 Å². The second-order valence-corrected chi connectivity index (χ2v) is 8.75. The van der Waals surface area contributed by atoms with E-state index in [2.05, 4.69) is 11.4 Å². The molecule has 5 heteroatoms. The fourth-order valence-electron chi connectivity index (χ4n) is 4.77. The lowest BCUT2D eigenvalue weighted by Gasteiger charge is -2.32. The van der Waals surface area contributed by atoms with Gasteiger partial charge in [-0.2, -0.15) is 0 Å². The van der Waals surface area contributed by atoms with Crippen molar-refractivity contribution in [3.63, 3.8) is 0 Å². The molecule has 2 atom stereocenters. The molecular formula is C28H31N3O2. The topological polar surface area (TPSA) is 98.2 Å². The molecule has 4 rings (SSSR count). The number of benzene rings is 3. The molecule has 33 heavy (non-hydrogen) atoms. The molecule has 5 N–H and O–H groups in total. The molecule has 1 amide bonds. The first-order valence-electron chi connectivity index (χ1n) is 11.6. The molecule has 0 radical (unpaired) electrons. The largest absolute Gasteiger partial charge is 0.347 e. The smallest absolute Gasteiger partial charge is 0.248 e. The Balaban J connectivity index is 1.68. The third-order valence-corrected chi connectivity index (χ3v) is 6.59. The van der Waals surface area contributed by atoms with Crippen molar-refractivity contribution in [3.8, 4) is 0 Å². The lowest BCUT2D eigenvalue weighted by molar-refractivity contribution is -0.137. The lowest BCUT2D eigenvalue weighted by atomic mass is 9.76. The van der Waals surface area contributed by atoms with Crippen LogP contribution in [0.25, 0.3) is 0 Å². The average molecular weight is 442 g/mol. The molecule has 0 fully saturated rings. The lowest BCUT2D eigenvalue weighted by Crippen LogP contribution is -2.61. The van der Waals surface area contributed by atoms with Gasteiger partial charge in [0.2, 0.25) is 5.91 Å². The Bertz CT molecular complexity index is 1060. The van der Waals surface area contributed by atoms with Crippen LogP contribution in [0, 0.1) is 0 Å². The van der Waals surface area contributed by atoms with Gasteiger partial charge in [-0.3, -0.25) is 9.59 Å². The Hall–Kier alpha value is -3.28. The molecule has 0 saturated heterocycles. The van der Waals surface area contributed by atoms with Gasteiger partial charge in [0.25, 0.3) is 0 Å². The summed E-state index contributed by atoms with van der Waals surface area (Å²) in [5.41, 5.74) is 14.8. The number of Topliss-reactive ketones (excluding diaryl/α,β-unsaturated/α-hetero) is 1. The van der Waals surface area contributed by atoms with Crippen LogP contribution in [0.2, 0.25) is 0 Å². The number of amides is 1. The van der Waals surface area contributed by atoms with Crippen LogP contribution in [0.15, 0.2) is 84.9 Å². The summed E-state index contributed by atoms with van der Waals surface area (Å²) < 4.78 is 0. The quantitative estimate of drug-likeness (QED) is 0.442. The average Bonchev–Trinajstić information content (AvgIpc) is 3.26. The minimum absolute atomic E-state index is 0.144. The summed E-state index contributed by atoms with van der Waals surface area (Å²) in [6, 6.07) is 27.0. The number of rotatable bonds is 9. The third kappa shape index (κ3) is 4.75. The van der Waals surface area contributed by atoms with Crippen LogP contribution in [0.1, 0.15) is 53.5 Å². The first kappa shape index (κ1) is 22.9. The maximum Gasteiger partial charge on any atom is 0.248 e. The molecule has 5 nitrogen and oxygen atoms in total. The first-order valence-corrected chi connectivity index (χ1v) is 11.6. The van der Waals surface area contributed by atoms with E-state index in [0.717, 1.165) is 29.5 Å². The van der Waals surface area contributed by atoms with Crippen molar-refractivity contribution in [2.45, 2.75) is 43.2 Å². The van der Waals surface area contributed by atoms with Crippen LogP contribution in [-0.2, 0) is 16.0 Å². The molecular weight excluding hydrogens is 410 g/mol. The predicted octanol–water partition coefficient (Wildman–Crippen LogP) is 3.63. The first-order chi connectivity index (χ1) is 16.0. The summed E-state index contributed by atoms with van der Waals surface area (Å²) in [5, 5.41) is 3.10. The molecule has 0 aliphatic heterocycles. The molecule has 3 aromatic rings. The van der Waals surface area contributed by atoms with Crippen molar-refractivity contribution in [3.05, 3.63) is 107 Å². The van der Waals surface area contributed by atoms with Crippen molar-refractivity contribution in [2.75, 3.05) is 6.54 Å². The van der Waals surface area contributed by atoms with E-state index < -0.39 is 17.4 Å². The maximum atomic E-state index is 14.1. The highest BCUT2D eigenvalue weighted by Crippen LogP contribution is 2.34. The minimum Gasteiger partial charge on any atom is -0.347 e. The van der Waals surface area contributed by atoms with Gasteiger partial charge in [-0.05, 0) is 54.5 Å². The summed E-state index contributed by atoms with van der Waals surface area (Å²) in [6.07, 6.45) is 2.37. The van der Waals surface area contributed by atoms with E-state index in [1.54, 1.807) is 0 Å². The minimum atomic E-state index is -1.69. The van der Waals surface area contributed by atoms with Gasteiger partial charge in [-0.25, -0.2) is 0 Å². The number of aryl methyl sites for hydroxylation is 1. The van der Waals surface area contributed by atoms with Crippen LogP contribution in [0.3, 0.4) is 0 Å². The number of carbonyl (C=O) groups is 2. The van der Waals surface area contributed by atoms with Crippen LogP contribution < -0.4 is 16.8 Å². The zero-order valence-corrected chi connectivity index (χ0v) is 18.7. The summed E-state index contributed by atoms with van der Waals surface area (Å²) in [4.78, 5) is 27.8. The fourth-order valence-corrected chi connectivity index (χ4v) is 4.77. The van der Waals surface area contributed by atoms with Gasteiger partial charge in [0, 0.05) is 0 Å². The Morgan fingerprint density at radius 3 is 2.09 bits per heavy atom. The summed E-state index contributed by atoms with van der Waals surface area (Å²) >= 11 is 0. The second kappa shape index (κ2) is 10.1. The molecule has 0 heterocycles. The van der Waals surface area contributed by atoms with E-state index in [1.165, 1.54) is 5.56 Å². The molecule has 0 bridgehead atoms. The molecule has 1 aliphatic carbocycles. The summed E-state index contributed by atoms with van der Waals surface area (Å²) in [5.74, 6) is -1.38.